The average molecular weight is 226 g/mol. The predicted molar refractivity (Wildman–Crippen MR) is 62.2 cm³/mol. The van der Waals surface area contributed by atoms with E-state index < -0.39 is 0 Å². The maximum absolute atomic E-state index is 11.5. The number of carbonyl (C=O) groups excluding carboxylic acids is 1. The highest BCUT2D eigenvalue weighted by Gasteiger charge is 2.20. The quantitative estimate of drug-likeness (QED) is 0.705. The second-order valence-electron chi connectivity index (χ2n) is 4.77. The van der Waals surface area contributed by atoms with Crippen molar-refractivity contribution in [1.29, 1.82) is 0 Å². The summed E-state index contributed by atoms with van der Waals surface area (Å²) in [7, 11) is 0. The van der Waals surface area contributed by atoms with Crippen LogP contribution in [0.25, 0.3) is 0 Å². The van der Waals surface area contributed by atoms with E-state index in [0.29, 0.717) is 19.0 Å². The van der Waals surface area contributed by atoms with Crippen LogP contribution in [-0.4, -0.2) is 37.7 Å². The van der Waals surface area contributed by atoms with Crippen molar-refractivity contribution in [3.8, 4) is 0 Å². The zero-order chi connectivity index (χ0) is 11.2. The van der Waals surface area contributed by atoms with Gasteiger partial charge in [0.1, 0.15) is 0 Å². The third kappa shape index (κ3) is 4.49. The first-order chi connectivity index (χ1) is 7.84. The Bertz CT molecular complexity index is 223. The minimum absolute atomic E-state index is 0.141. The zero-order valence-corrected chi connectivity index (χ0v) is 9.84. The summed E-state index contributed by atoms with van der Waals surface area (Å²) in [5.74, 6) is 0.141. The van der Waals surface area contributed by atoms with Gasteiger partial charge in [-0.25, -0.2) is 0 Å². The summed E-state index contributed by atoms with van der Waals surface area (Å²) in [4.78, 5) is 11.5. The van der Waals surface area contributed by atoms with Crippen LogP contribution in [0.4, 0.5) is 0 Å². The van der Waals surface area contributed by atoms with Gasteiger partial charge in [0.05, 0.1) is 6.10 Å². The van der Waals surface area contributed by atoms with E-state index in [1.54, 1.807) is 0 Å². The van der Waals surface area contributed by atoms with Crippen molar-refractivity contribution in [2.24, 2.45) is 0 Å². The van der Waals surface area contributed by atoms with Gasteiger partial charge in [-0.15, -0.1) is 0 Å². The van der Waals surface area contributed by atoms with Crippen molar-refractivity contribution in [3.05, 3.63) is 0 Å². The topological polar surface area (TPSA) is 50.4 Å². The first kappa shape index (κ1) is 11.9. The largest absolute Gasteiger partial charge is 0.376 e. The molecule has 2 N–H and O–H groups in total. The molecule has 1 saturated heterocycles. The summed E-state index contributed by atoms with van der Waals surface area (Å²) in [6.07, 6.45) is 6.85. The lowest BCUT2D eigenvalue weighted by Gasteiger charge is -2.22. The van der Waals surface area contributed by atoms with Crippen LogP contribution in [-0.2, 0) is 9.53 Å². The Balaban J connectivity index is 1.48. The summed E-state index contributed by atoms with van der Waals surface area (Å²) in [6.45, 7) is 2.34. The highest BCUT2D eigenvalue weighted by Crippen LogP contribution is 2.18. The number of rotatable bonds is 6. The summed E-state index contributed by atoms with van der Waals surface area (Å²) < 4.78 is 5.55. The fourth-order valence-corrected chi connectivity index (χ4v) is 1.96. The molecule has 1 aliphatic heterocycles. The van der Waals surface area contributed by atoms with Crippen LogP contribution in [0.1, 0.15) is 38.5 Å². The minimum Gasteiger partial charge on any atom is -0.376 e. The highest BCUT2D eigenvalue weighted by molar-refractivity contribution is 5.76. The Morgan fingerprint density at radius 2 is 2.12 bits per heavy atom. The molecule has 2 rings (SSSR count). The van der Waals surface area contributed by atoms with Crippen LogP contribution in [0.5, 0.6) is 0 Å². The van der Waals surface area contributed by atoms with Crippen LogP contribution < -0.4 is 10.6 Å². The number of amides is 1. The van der Waals surface area contributed by atoms with E-state index in [0.717, 1.165) is 26.0 Å². The fraction of sp³-hybridized carbons (Fsp3) is 0.917. The SMILES string of the molecule is O=C(CCNC1CC1)NCC1CCCCO1. The number of nitrogens with one attached hydrogen (secondary N) is 2. The van der Waals surface area contributed by atoms with Gasteiger partial charge in [0, 0.05) is 32.2 Å². The second kappa shape index (κ2) is 6.21. The third-order valence-corrected chi connectivity index (χ3v) is 3.16. The van der Waals surface area contributed by atoms with Crippen molar-refractivity contribution < 1.29 is 9.53 Å². The highest BCUT2D eigenvalue weighted by atomic mass is 16.5. The zero-order valence-electron chi connectivity index (χ0n) is 9.84. The Morgan fingerprint density at radius 1 is 1.25 bits per heavy atom. The molecule has 4 heteroatoms. The van der Waals surface area contributed by atoms with E-state index in [2.05, 4.69) is 10.6 Å². The van der Waals surface area contributed by atoms with Gasteiger partial charge < -0.3 is 15.4 Å². The van der Waals surface area contributed by atoms with Gasteiger partial charge in [0.15, 0.2) is 0 Å². The lowest BCUT2D eigenvalue weighted by molar-refractivity contribution is -0.121. The normalized spacial score (nSPS) is 25.4. The standard InChI is InChI=1S/C12H22N2O2/c15-12(6-7-13-10-4-5-10)14-9-11-3-1-2-8-16-11/h10-11,13H,1-9H2,(H,14,15). The molecule has 1 amide bonds. The molecule has 1 atom stereocenters. The van der Waals surface area contributed by atoms with E-state index >= 15 is 0 Å². The molecule has 1 aliphatic carbocycles. The molecular weight excluding hydrogens is 204 g/mol. The van der Waals surface area contributed by atoms with Gasteiger partial charge in [0.25, 0.3) is 0 Å². The second-order valence-corrected chi connectivity index (χ2v) is 4.77. The molecule has 0 bridgehead atoms. The number of ether oxygens (including phenoxy) is 1. The summed E-state index contributed by atoms with van der Waals surface area (Å²) in [5.41, 5.74) is 0. The van der Waals surface area contributed by atoms with Crippen molar-refractivity contribution in [2.75, 3.05) is 19.7 Å². The number of hydrogen-bond donors (Lipinski definition) is 2. The van der Waals surface area contributed by atoms with Crippen LogP contribution in [0.2, 0.25) is 0 Å². The van der Waals surface area contributed by atoms with Crippen LogP contribution >= 0.6 is 0 Å². The monoisotopic (exact) mass is 226 g/mol. The maximum Gasteiger partial charge on any atom is 0.221 e. The van der Waals surface area contributed by atoms with Gasteiger partial charge >= 0.3 is 0 Å². The van der Waals surface area contributed by atoms with Crippen molar-refractivity contribution in [3.63, 3.8) is 0 Å². The number of hydrogen-bond acceptors (Lipinski definition) is 3. The van der Waals surface area contributed by atoms with Crippen LogP contribution in [0.3, 0.4) is 0 Å². The smallest absolute Gasteiger partial charge is 0.221 e. The summed E-state index contributed by atoms with van der Waals surface area (Å²) >= 11 is 0. The molecule has 16 heavy (non-hydrogen) atoms. The van der Waals surface area contributed by atoms with E-state index in [-0.39, 0.29) is 12.0 Å². The van der Waals surface area contributed by atoms with Gasteiger partial charge in [-0.05, 0) is 32.1 Å². The molecule has 1 saturated carbocycles. The van der Waals surface area contributed by atoms with Crippen molar-refractivity contribution >= 4 is 5.91 Å². The first-order valence-electron chi connectivity index (χ1n) is 6.46. The molecule has 1 heterocycles. The van der Waals surface area contributed by atoms with E-state index in [4.69, 9.17) is 4.74 Å². The molecule has 0 radical (unpaired) electrons. The van der Waals surface area contributed by atoms with Gasteiger partial charge in [-0.3, -0.25) is 4.79 Å². The number of carbonyl (C=O) groups is 1. The fourth-order valence-electron chi connectivity index (χ4n) is 1.96. The Kier molecular flexibility index (Phi) is 4.60. The van der Waals surface area contributed by atoms with E-state index in [9.17, 15) is 4.79 Å². The lowest BCUT2D eigenvalue weighted by atomic mass is 10.1. The van der Waals surface area contributed by atoms with Crippen LogP contribution in [0, 0.1) is 0 Å². The Morgan fingerprint density at radius 3 is 2.81 bits per heavy atom. The molecule has 2 aliphatic rings. The lowest BCUT2D eigenvalue weighted by Crippen LogP contribution is -2.36. The molecule has 92 valence electrons. The van der Waals surface area contributed by atoms with Gasteiger partial charge in [0.2, 0.25) is 5.91 Å². The van der Waals surface area contributed by atoms with E-state index in [1.165, 1.54) is 19.3 Å². The van der Waals surface area contributed by atoms with E-state index in [1.807, 2.05) is 0 Å². The maximum atomic E-state index is 11.5. The molecular formula is C12H22N2O2. The third-order valence-electron chi connectivity index (χ3n) is 3.16. The molecule has 2 fully saturated rings. The molecule has 0 aromatic rings. The molecule has 1 unspecified atom stereocenters. The van der Waals surface area contributed by atoms with Crippen LogP contribution in [0.15, 0.2) is 0 Å². The molecule has 0 spiro atoms. The summed E-state index contributed by atoms with van der Waals surface area (Å²) in [6, 6.07) is 0.689. The average Bonchev–Trinajstić information content (AvgIpc) is 3.12. The van der Waals surface area contributed by atoms with Crippen molar-refractivity contribution in [1.82, 2.24) is 10.6 Å². The summed E-state index contributed by atoms with van der Waals surface area (Å²) in [5, 5.41) is 6.28. The van der Waals surface area contributed by atoms with Gasteiger partial charge in [-0.1, -0.05) is 0 Å². The van der Waals surface area contributed by atoms with Gasteiger partial charge in [-0.2, -0.15) is 0 Å². The first-order valence-corrected chi connectivity index (χ1v) is 6.46. The van der Waals surface area contributed by atoms with Crippen molar-refractivity contribution in [2.45, 2.75) is 50.7 Å². The Hall–Kier alpha value is -0.610. The Labute approximate surface area is 97.1 Å². The minimum atomic E-state index is 0.141. The molecule has 0 aromatic heterocycles. The predicted octanol–water partition coefficient (Wildman–Crippen LogP) is 0.814. The molecule has 4 nitrogen and oxygen atoms in total. The molecule has 0 aromatic carbocycles.